The van der Waals surface area contributed by atoms with Crippen LogP contribution in [-0.4, -0.2) is 97.7 Å². The van der Waals surface area contributed by atoms with Gasteiger partial charge in [-0.25, -0.2) is 0 Å². The summed E-state index contributed by atoms with van der Waals surface area (Å²) >= 11 is 0. The zero-order valence-electron chi connectivity index (χ0n) is 18.0. The molecule has 3 unspecified atom stereocenters. The Balaban J connectivity index is 1.86. The van der Waals surface area contributed by atoms with Crippen molar-refractivity contribution in [2.75, 3.05) is 58.9 Å². The van der Waals surface area contributed by atoms with Gasteiger partial charge in [0.1, 0.15) is 0 Å². The molecule has 0 saturated carbocycles. The molecule has 0 aromatic carbocycles. The first-order valence-electron chi connectivity index (χ1n) is 10.7. The quantitative estimate of drug-likeness (QED) is 0.525. The van der Waals surface area contributed by atoms with Crippen LogP contribution in [0.5, 0.6) is 0 Å². The predicted octanol–water partition coefficient (Wildman–Crippen LogP) is 1.30. The molecule has 2 saturated heterocycles. The average molecular weight is 367 g/mol. The molecule has 6 nitrogen and oxygen atoms in total. The van der Waals surface area contributed by atoms with Crippen LogP contribution in [0.25, 0.3) is 0 Å². The van der Waals surface area contributed by atoms with Crippen LogP contribution in [-0.2, 0) is 0 Å². The summed E-state index contributed by atoms with van der Waals surface area (Å²) in [6.07, 6.45) is 0. The van der Waals surface area contributed by atoms with Gasteiger partial charge in [0.2, 0.25) is 0 Å². The number of likely N-dealkylation sites (N-methyl/N-ethyl adjacent to an activating group) is 1. The van der Waals surface area contributed by atoms with E-state index < -0.39 is 0 Å². The van der Waals surface area contributed by atoms with E-state index in [9.17, 15) is 0 Å². The molecule has 6 heteroatoms. The lowest BCUT2D eigenvalue weighted by Gasteiger charge is -2.37. The van der Waals surface area contributed by atoms with Crippen molar-refractivity contribution in [3.8, 4) is 0 Å². The fraction of sp³-hybridized carbons (Fsp3) is 0.950. The van der Waals surface area contributed by atoms with Gasteiger partial charge in [-0.1, -0.05) is 13.8 Å². The van der Waals surface area contributed by atoms with E-state index in [4.69, 9.17) is 4.99 Å². The van der Waals surface area contributed by atoms with Crippen LogP contribution in [0.4, 0.5) is 0 Å². The van der Waals surface area contributed by atoms with E-state index in [1.165, 1.54) is 26.2 Å². The predicted molar refractivity (Wildman–Crippen MR) is 112 cm³/mol. The number of piperazine rings is 1. The van der Waals surface area contributed by atoms with E-state index in [0.717, 1.165) is 38.7 Å². The highest BCUT2D eigenvalue weighted by molar-refractivity contribution is 5.80. The molecule has 2 fully saturated rings. The summed E-state index contributed by atoms with van der Waals surface area (Å²) in [6.45, 7) is 23.5. The zero-order valence-corrected chi connectivity index (χ0v) is 18.0. The summed E-state index contributed by atoms with van der Waals surface area (Å²) in [4.78, 5) is 12.6. The molecule has 0 amide bonds. The number of hydrogen-bond donors (Lipinski definition) is 2. The van der Waals surface area contributed by atoms with Crippen LogP contribution in [0.2, 0.25) is 0 Å². The van der Waals surface area contributed by atoms with Crippen molar-refractivity contribution in [2.24, 2.45) is 10.9 Å². The first-order valence-corrected chi connectivity index (χ1v) is 10.7. The number of likely N-dealkylation sites (tertiary alicyclic amines) is 1. The fourth-order valence-corrected chi connectivity index (χ4v) is 3.97. The third-order valence-electron chi connectivity index (χ3n) is 6.03. The Morgan fingerprint density at radius 2 is 1.73 bits per heavy atom. The van der Waals surface area contributed by atoms with Crippen molar-refractivity contribution < 1.29 is 0 Å². The first-order chi connectivity index (χ1) is 12.4. The largest absolute Gasteiger partial charge is 0.357 e. The molecule has 26 heavy (non-hydrogen) atoms. The zero-order chi connectivity index (χ0) is 19.1. The summed E-state index contributed by atoms with van der Waals surface area (Å²) in [7, 11) is 0. The lowest BCUT2D eigenvalue weighted by molar-refractivity contribution is 0.109. The summed E-state index contributed by atoms with van der Waals surface area (Å²) in [5.41, 5.74) is 0. The summed E-state index contributed by atoms with van der Waals surface area (Å²) < 4.78 is 0. The van der Waals surface area contributed by atoms with Gasteiger partial charge in [0.15, 0.2) is 5.96 Å². The molecule has 2 rings (SSSR count). The van der Waals surface area contributed by atoms with E-state index in [1.54, 1.807) is 0 Å². The average Bonchev–Trinajstić information content (AvgIpc) is 3.00. The minimum Gasteiger partial charge on any atom is -0.357 e. The van der Waals surface area contributed by atoms with E-state index in [2.05, 4.69) is 66.9 Å². The lowest BCUT2D eigenvalue weighted by atomic mass is 10.1. The maximum absolute atomic E-state index is 4.92. The van der Waals surface area contributed by atoms with Crippen molar-refractivity contribution in [3.63, 3.8) is 0 Å². The Kier molecular flexibility index (Phi) is 8.64. The molecular weight excluding hydrogens is 324 g/mol. The van der Waals surface area contributed by atoms with E-state index in [0.29, 0.717) is 24.0 Å². The van der Waals surface area contributed by atoms with E-state index in [1.807, 2.05) is 0 Å². The first kappa shape index (κ1) is 21.5. The summed E-state index contributed by atoms with van der Waals surface area (Å²) in [5.74, 6) is 1.63. The second-order valence-electron chi connectivity index (χ2n) is 8.31. The molecule has 0 aliphatic carbocycles. The van der Waals surface area contributed by atoms with Gasteiger partial charge in [-0.05, 0) is 40.2 Å². The Hall–Kier alpha value is -0.850. The Bertz CT molecular complexity index is 430. The molecule has 0 aromatic heterocycles. The second kappa shape index (κ2) is 10.5. The highest BCUT2D eigenvalue weighted by Crippen LogP contribution is 2.18. The van der Waals surface area contributed by atoms with Crippen LogP contribution < -0.4 is 10.6 Å². The van der Waals surface area contributed by atoms with Crippen LogP contribution in [0.15, 0.2) is 4.99 Å². The summed E-state index contributed by atoms with van der Waals surface area (Å²) in [5, 5.41) is 7.14. The van der Waals surface area contributed by atoms with E-state index in [-0.39, 0.29) is 0 Å². The monoisotopic (exact) mass is 366 g/mol. The Labute approximate surface area is 161 Å². The molecule has 152 valence electrons. The molecule has 0 spiro atoms. The van der Waals surface area contributed by atoms with Gasteiger partial charge >= 0.3 is 0 Å². The number of hydrogen-bond acceptors (Lipinski definition) is 4. The fourth-order valence-electron chi connectivity index (χ4n) is 3.97. The van der Waals surface area contributed by atoms with Gasteiger partial charge in [0, 0.05) is 63.9 Å². The van der Waals surface area contributed by atoms with Gasteiger partial charge < -0.3 is 15.5 Å². The molecule has 0 aromatic rings. The number of aliphatic imine (C=N–C) groups is 1. The third-order valence-corrected chi connectivity index (χ3v) is 6.03. The van der Waals surface area contributed by atoms with Crippen LogP contribution in [0, 0.1) is 5.92 Å². The summed E-state index contributed by atoms with van der Waals surface area (Å²) in [6, 6.07) is 1.60. The highest BCUT2D eigenvalue weighted by Gasteiger charge is 2.31. The van der Waals surface area contributed by atoms with Crippen LogP contribution in [0.3, 0.4) is 0 Å². The minimum absolute atomic E-state index is 0.485. The third kappa shape index (κ3) is 6.10. The molecule has 0 bridgehead atoms. The van der Waals surface area contributed by atoms with Gasteiger partial charge in [0.05, 0.1) is 6.54 Å². The number of guanidine groups is 1. The molecule has 2 aliphatic rings. The standard InChI is InChI=1S/C20H42N6/c1-7-21-20(23-19-15-26(16(3)4)14-17(19)5)22-13-18(6)25-11-9-24(8-2)10-12-25/h16-19H,7-15H2,1-6H3,(H2,21,22,23). The van der Waals surface area contributed by atoms with Crippen molar-refractivity contribution in [2.45, 2.75) is 59.7 Å². The van der Waals surface area contributed by atoms with Crippen molar-refractivity contribution >= 4 is 5.96 Å². The Morgan fingerprint density at radius 3 is 2.27 bits per heavy atom. The van der Waals surface area contributed by atoms with Crippen LogP contribution in [0.1, 0.15) is 41.5 Å². The second-order valence-corrected chi connectivity index (χ2v) is 8.31. The number of rotatable bonds is 7. The minimum atomic E-state index is 0.485. The van der Waals surface area contributed by atoms with Gasteiger partial charge in [0.25, 0.3) is 0 Å². The molecule has 2 heterocycles. The van der Waals surface area contributed by atoms with Gasteiger partial charge in [-0.15, -0.1) is 0 Å². The van der Waals surface area contributed by atoms with Crippen molar-refractivity contribution in [1.82, 2.24) is 25.3 Å². The molecule has 2 N–H and O–H groups in total. The Morgan fingerprint density at radius 1 is 1.04 bits per heavy atom. The maximum Gasteiger partial charge on any atom is 0.191 e. The van der Waals surface area contributed by atoms with Gasteiger partial charge in [-0.3, -0.25) is 14.8 Å². The SMILES string of the molecule is CCNC(=NCC(C)N1CCN(CC)CC1)NC1CN(C(C)C)CC1C. The molecule has 3 atom stereocenters. The molecule has 0 radical (unpaired) electrons. The topological polar surface area (TPSA) is 46.1 Å². The molecular formula is C20H42N6. The van der Waals surface area contributed by atoms with E-state index >= 15 is 0 Å². The lowest BCUT2D eigenvalue weighted by Crippen LogP contribution is -2.51. The smallest absolute Gasteiger partial charge is 0.191 e. The van der Waals surface area contributed by atoms with Crippen molar-refractivity contribution in [3.05, 3.63) is 0 Å². The normalized spacial score (nSPS) is 27.9. The maximum atomic E-state index is 4.92. The number of nitrogens with zero attached hydrogens (tertiary/aromatic N) is 4. The highest BCUT2D eigenvalue weighted by atomic mass is 15.3. The van der Waals surface area contributed by atoms with Crippen molar-refractivity contribution in [1.29, 1.82) is 0 Å². The molecule has 2 aliphatic heterocycles. The number of nitrogens with one attached hydrogen (secondary N) is 2. The van der Waals surface area contributed by atoms with Crippen LogP contribution >= 0.6 is 0 Å². The van der Waals surface area contributed by atoms with Gasteiger partial charge in [-0.2, -0.15) is 0 Å².